The molecule has 0 unspecified atom stereocenters. The van der Waals surface area contributed by atoms with Crippen molar-refractivity contribution in [1.82, 2.24) is 15.3 Å². The van der Waals surface area contributed by atoms with Crippen LogP contribution >= 0.6 is 23.1 Å². The molecule has 7 nitrogen and oxygen atoms in total. The Morgan fingerprint density at radius 2 is 2.00 bits per heavy atom. The largest absolute Gasteiger partial charge is 0.452 e. The van der Waals surface area contributed by atoms with Crippen molar-refractivity contribution in [2.45, 2.75) is 60.4 Å². The SMILES string of the molecule is N#CC1(NC(=O)COC(=O)c2ccccc2Sc2ncnc3sc4c(c23)CCC4)CCCC1. The van der Waals surface area contributed by atoms with Crippen LogP contribution in [0.3, 0.4) is 0 Å². The maximum atomic E-state index is 12.8. The van der Waals surface area contributed by atoms with Gasteiger partial charge in [-0.25, -0.2) is 14.8 Å². The Morgan fingerprint density at radius 1 is 1.18 bits per heavy atom. The van der Waals surface area contributed by atoms with Crippen LogP contribution in [0.1, 0.15) is 52.9 Å². The number of carbonyl (C=O) groups excluding carboxylic acids is 2. The van der Waals surface area contributed by atoms with Crippen LogP contribution in [0.5, 0.6) is 0 Å². The molecule has 168 valence electrons. The first-order valence-corrected chi connectivity index (χ1v) is 12.6. The molecule has 33 heavy (non-hydrogen) atoms. The van der Waals surface area contributed by atoms with E-state index in [0.29, 0.717) is 23.3 Å². The highest BCUT2D eigenvalue weighted by Crippen LogP contribution is 2.42. The molecule has 9 heteroatoms. The quantitative estimate of drug-likeness (QED) is 0.412. The van der Waals surface area contributed by atoms with E-state index in [9.17, 15) is 14.9 Å². The smallest absolute Gasteiger partial charge is 0.339 e. The van der Waals surface area contributed by atoms with E-state index < -0.39 is 24.0 Å². The summed E-state index contributed by atoms with van der Waals surface area (Å²) < 4.78 is 5.31. The standard InChI is InChI=1S/C24H22N4O3S2/c25-13-24(10-3-4-11-24)28-19(29)12-31-23(30)16-6-1-2-8-18(16)33-22-20-15-7-5-9-17(15)32-21(20)26-14-27-22/h1-2,6,8,14H,3-5,7,9-12H2,(H,28,29). The summed E-state index contributed by atoms with van der Waals surface area (Å²) in [7, 11) is 0. The van der Waals surface area contributed by atoms with Crippen LogP contribution in [0.4, 0.5) is 0 Å². The number of nitriles is 1. The maximum absolute atomic E-state index is 12.8. The highest BCUT2D eigenvalue weighted by molar-refractivity contribution is 7.99. The van der Waals surface area contributed by atoms with Crippen LogP contribution in [0.25, 0.3) is 10.2 Å². The van der Waals surface area contributed by atoms with Crippen molar-refractivity contribution in [1.29, 1.82) is 5.26 Å². The predicted octanol–water partition coefficient (Wildman–Crippen LogP) is 4.44. The summed E-state index contributed by atoms with van der Waals surface area (Å²) in [5.41, 5.74) is 0.870. The molecule has 5 rings (SSSR count). The third kappa shape index (κ3) is 4.33. The Hall–Kier alpha value is -2.96. The van der Waals surface area contributed by atoms with E-state index in [1.807, 2.05) is 12.1 Å². The Morgan fingerprint density at radius 3 is 2.82 bits per heavy atom. The van der Waals surface area contributed by atoms with Crippen LogP contribution in [-0.4, -0.2) is 34.0 Å². The number of aryl methyl sites for hydroxylation is 2. The van der Waals surface area contributed by atoms with Crippen molar-refractivity contribution in [2.75, 3.05) is 6.61 Å². The van der Waals surface area contributed by atoms with Crippen LogP contribution in [0.2, 0.25) is 0 Å². The molecule has 0 atom stereocenters. The van der Waals surface area contributed by atoms with E-state index in [2.05, 4.69) is 21.4 Å². The number of esters is 1. The van der Waals surface area contributed by atoms with Crippen LogP contribution < -0.4 is 5.32 Å². The second-order valence-corrected chi connectivity index (χ2v) is 10.5. The molecule has 3 aromatic rings. The minimum atomic E-state index is -0.837. The van der Waals surface area contributed by atoms with Crippen LogP contribution in [0.15, 0.2) is 40.5 Å². The molecule has 0 saturated heterocycles. The van der Waals surface area contributed by atoms with Gasteiger partial charge in [0.2, 0.25) is 0 Å². The van der Waals surface area contributed by atoms with E-state index in [1.54, 1.807) is 29.8 Å². The number of ether oxygens (including phenoxy) is 1. The minimum Gasteiger partial charge on any atom is -0.452 e. The number of amides is 1. The molecule has 0 bridgehead atoms. The van der Waals surface area contributed by atoms with Gasteiger partial charge in [0.25, 0.3) is 5.91 Å². The second kappa shape index (κ2) is 9.12. The number of thiophene rings is 1. The van der Waals surface area contributed by atoms with Gasteiger partial charge in [0.1, 0.15) is 21.7 Å². The minimum absolute atomic E-state index is 0.379. The first kappa shape index (κ1) is 21.9. The summed E-state index contributed by atoms with van der Waals surface area (Å²) in [6.07, 6.45) is 7.88. The van der Waals surface area contributed by atoms with Crippen molar-refractivity contribution in [3.63, 3.8) is 0 Å². The normalized spacial score (nSPS) is 16.3. The summed E-state index contributed by atoms with van der Waals surface area (Å²) in [5, 5.41) is 14.1. The fraction of sp³-hybridized carbons (Fsp3) is 0.375. The van der Waals surface area contributed by atoms with Crippen LogP contribution in [-0.2, 0) is 22.4 Å². The molecule has 0 radical (unpaired) electrons. The van der Waals surface area contributed by atoms with Gasteiger partial charge in [-0.15, -0.1) is 11.3 Å². The average molecular weight is 479 g/mol. The molecular formula is C24H22N4O3S2. The van der Waals surface area contributed by atoms with E-state index >= 15 is 0 Å². The lowest BCUT2D eigenvalue weighted by Crippen LogP contribution is -2.46. The molecule has 2 aliphatic carbocycles. The fourth-order valence-corrected chi connectivity index (χ4v) is 6.89. The number of rotatable bonds is 6. The first-order chi connectivity index (χ1) is 16.1. The number of carbonyl (C=O) groups is 2. The van der Waals surface area contributed by atoms with Gasteiger partial charge in [-0.1, -0.05) is 23.9 Å². The van der Waals surface area contributed by atoms with Gasteiger partial charge >= 0.3 is 5.97 Å². The molecule has 0 spiro atoms. The van der Waals surface area contributed by atoms with Crippen molar-refractivity contribution in [3.05, 3.63) is 46.6 Å². The van der Waals surface area contributed by atoms with Gasteiger partial charge in [-0.2, -0.15) is 5.26 Å². The van der Waals surface area contributed by atoms with Gasteiger partial charge in [0, 0.05) is 15.2 Å². The molecule has 2 aromatic heterocycles. The lowest BCUT2D eigenvalue weighted by atomic mass is 10.00. The average Bonchev–Trinajstić information content (AvgIpc) is 3.55. The number of benzene rings is 1. The monoisotopic (exact) mass is 478 g/mol. The van der Waals surface area contributed by atoms with Gasteiger partial charge in [0.15, 0.2) is 6.61 Å². The third-order valence-electron chi connectivity index (χ3n) is 6.16. The molecule has 1 N–H and O–H groups in total. The molecular weight excluding hydrogens is 456 g/mol. The Kier molecular flexibility index (Phi) is 6.04. The molecule has 1 fully saturated rings. The number of hydrogen-bond donors (Lipinski definition) is 1. The highest BCUT2D eigenvalue weighted by Gasteiger charge is 2.35. The molecule has 2 heterocycles. The molecule has 1 amide bonds. The van der Waals surface area contributed by atoms with Crippen LogP contribution in [0, 0.1) is 11.3 Å². The zero-order valence-electron chi connectivity index (χ0n) is 17.9. The summed E-state index contributed by atoms with van der Waals surface area (Å²) >= 11 is 3.14. The van der Waals surface area contributed by atoms with Gasteiger partial charge < -0.3 is 10.1 Å². The summed E-state index contributed by atoms with van der Waals surface area (Å²) in [6.45, 7) is -0.420. The van der Waals surface area contributed by atoms with Crippen molar-refractivity contribution >= 4 is 45.2 Å². The maximum Gasteiger partial charge on any atom is 0.339 e. The Labute approximate surface area is 199 Å². The highest BCUT2D eigenvalue weighted by atomic mass is 32.2. The lowest BCUT2D eigenvalue weighted by molar-refractivity contribution is -0.125. The Bertz CT molecular complexity index is 1270. The molecule has 2 aliphatic rings. The van der Waals surface area contributed by atoms with Gasteiger partial charge in [-0.3, -0.25) is 4.79 Å². The van der Waals surface area contributed by atoms with Gasteiger partial charge in [0.05, 0.1) is 11.6 Å². The summed E-state index contributed by atoms with van der Waals surface area (Å²) in [4.78, 5) is 37.2. The van der Waals surface area contributed by atoms with E-state index in [-0.39, 0.29) is 0 Å². The summed E-state index contributed by atoms with van der Waals surface area (Å²) in [5.74, 6) is -1.03. The van der Waals surface area contributed by atoms with E-state index in [0.717, 1.165) is 47.3 Å². The zero-order valence-corrected chi connectivity index (χ0v) is 19.6. The Balaban J connectivity index is 1.31. The fourth-order valence-electron chi connectivity index (χ4n) is 4.56. The number of nitrogens with zero attached hydrogens (tertiary/aromatic N) is 3. The van der Waals surface area contributed by atoms with Gasteiger partial charge in [-0.05, 0) is 62.6 Å². The zero-order chi connectivity index (χ0) is 22.8. The summed E-state index contributed by atoms with van der Waals surface area (Å²) in [6, 6.07) is 9.37. The van der Waals surface area contributed by atoms with Crippen molar-refractivity contribution < 1.29 is 14.3 Å². The van der Waals surface area contributed by atoms with E-state index in [4.69, 9.17) is 4.74 Å². The second-order valence-electron chi connectivity index (χ2n) is 8.34. The van der Waals surface area contributed by atoms with Crippen molar-refractivity contribution in [2.24, 2.45) is 0 Å². The van der Waals surface area contributed by atoms with E-state index in [1.165, 1.54) is 22.2 Å². The lowest BCUT2D eigenvalue weighted by Gasteiger charge is -2.21. The molecule has 1 saturated carbocycles. The third-order valence-corrected chi connectivity index (χ3v) is 8.44. The number of hydrogen-bond acceptors (Lipinski definition) is 8. The van der Waals surface area contributed by atoms with Crippen molar-refractivity contribution in [3.8, 4) is 6.07 Å². The predicted molar refractivity (Wildman–Crippen MR) is 125 cm³/mol. The first-order valence-electron chi connectivity index (χ1n) is 11.0. The number of aromatic nitrogens is 2. The molecule has 1 aromatic carbocycles. The number of fused-ring (bicyclic) bond motifs is 3. The topological polar surface area (TPSA) is 105 Å². The number of nitrogens with one attached hydrogen (secondary N) is 1. The molecule has 0 aliphatic heterocycles.